The summed E-state index contributed by atoms with van der Waals surface area (Å²) in [6, 6.07) is 4.50. The minimum Gasteiger partial charge on any atom is -0.486 e. The summed E-state index contributed by atoms with van der Waals surface area (Å²) in [5.41, 5.74) is 0.259. The Bertz CT molecular complexity index is 409. The number of alkyl halides is 2. The van der Waals surface area contributed by atoms with Crippen molar-refractivity contribution in [3.63, 3.8) is 0 Å². The lowest BCUT2D eigenvalue weighted by Crippen LogP contribution is -2.20. The molecule has 0 fully saturated rings. The maximum absolute atomic E-state index is 12.0. The topological polar surface area (TPSA) is 47.6 Å². The summed E-state index contributed by atoms with van der Waals surface area (Å²) in [7, 11) is 0. The Balaban J connectivity index is 2.14. The standard InChI is InChI=1S/C10H9F2NO3/c11-9(12)10(14)13-6-1-2-7-8(5-6)16-4-3-15-7/h1-2,5,9H,3-4H2,(H,13,14). The zero-order valence-corrected chi connectivity index (χ0v) is 8.20. The lowest BCUT2D eigenvalue weighted by molar-refractivity contribution is -0.126. The van der Waals surface area contributed by atoms with E-state index >= 15 is 0 Å². The summed E-state index contributed by atoms with van der Waals surface area (Å²) in [6.07, 6.45) is -3.03. The first-order valence-corrected chi connectivity index (χ1v) is 4.65. The van der Waals surface area contributed by atoms with Crippen molar-refractivity contribution < 1.29 is 23.0 Å². The summed E-state index contributed by atoms with van der Waals surface area (Å²) in [5, 5.41) is 2.07. The molecule has 1 aliphatic rings. The molecule has 1 heterocycles. The van der Waals surface area contributed by atoms with Crippen molar-refractivity contribution in [2.75, 3.05) is 18.5 Å². The number of fused-ring (bicyclic) bond motifs is 1. The second-order valence-corrected chi connectivity index (χ2v) is 3.15. The minimum atomic E-state index is -3.03. The largest absolute Gasteiger partial charge is 0.486 e. The van der Waals surface area contributed by atoms with Gasteiger partial charge in [-0.3, -0.25) is 4.79 Å². The van der Waals surface area contributed by atoms with Crippen molar-refractivity contribution in [3.8, 4) is 11.5 Å². The van der Waals surface area contributed by atoms with Crippen LogP contribution in [-0.4, -0.2) is 25.5 Å². The average molecular weight is 229 g/mol. The van der Waals surface area contributed by atoms with Crippen molar-refractivity contribution in [1.82, 2.24) is 0 Å². The van der Waals surface area contributed by atoms with Gasteiger partial charge in [-0.05, 0) is 12.1 Å². The third kappa shape index (κ3) is 2.21. The molecular formula is C10H9F2NO3. The minimum absolute atomic E-state index is 0.259. The number of anilines is 1. The molecule has 1 aromatic rings. The molecule has 2 rings (SSSR count). The van der Waals surface area contributed by atoms with Crippen LogP contribution in [0.15, 0.2) is 18.2 Å². The maximum Gasteiger partial charge on any atom is 0.315 e. The molecule has 0 radical (unpaired) electrons. The van der Waals surface area contributed by atoms with Gasteiger partial charge in [0, 0.05) is 11.8 Å². The molecule has 86 valence electrons. The van der Waals surface area contributed by atoms with E-state index in [0.717, 1.165) is 0 Å². The van der Waals surface area contributed by atoms with Gasteiger partial charge in [-0.2, -0.15) is 8.78 Å². The number of hydrogen-bond donors (Lipinski definition) is 1. The van der Waals surface area contributed by atoms with E-state index in [1.54, 1.807) is 6.07 Å². The van der Waals surface area contributed by atoms with E-state index in [1.807, 2.05) is 0 Å². The van der Waals surface area contributed by atoms with E-state index < -0.39 is 12.3 Å². The Morgan fingerprint density at radius 1 is 1.25 bits per heavy atom. The van der Waals surface area contributed by atoms with Crippen LogP contribution in [0.4, 0.5) is 14.5 Å². The number of benzene rings is 1. The van der Waals surface area contributed by atoms with Gasteiger partial charge in [0.15, 0.2) is 11.5 Å². The molecule has 16 heavy (non-hydrogen) atoms. The molecule has 0 saturated carbocycles. The summed E-state index contributed by atoms with van der Waals surface area (Å²) in [6.45, 7) is 0.856. The van der Waals surface area contributed by atoms with Crippen LogP contribution in [0.25, 0.3) is 0 Å². The highest BCUT2D eigenvalue weighted by Gasteiger charge is 2.17. The molecule has 0 saturated heterocycles. The van der Waals surface area contributed by atoms with Crippen LogP contribution in [0.5, 0.6) is 11.5 Å². The van der Waals surface area contributed by atoms with Crippen LogP contribution >= 0.6 is 0 Å². The van der Waals surface area contributed by atoms with E-state index in [-0.39, 0.29) is 5.69 Å². The molecule has 1 amide bonds. The first-order chi connectivity index (χ1) is 7.66. The predicted molar refractivity (Wildman–Crippen MR) is 52.1 cm³/mol. The molecule has 1 aliphatic heterocycles. The van der Waals surface area contributed by atoms with Gasteiger partial charge in [0.1, 0.15) is 13.2 Å². The van der Waals surface area contributed by atoms with Gasteiger partial charge in [0.05, 0.1) is 0 Å². The summed E-state index contributed by atoms with van der Waals surface area (Å²) < 4.78 is 34.5. The Kier molecular flexibility index (Phi) is 2.89. The first-order valence-electron chi connectivity index (χ1n) is 4.65. The fourth-order valence-electron chi connectivity index (χ4n) is 1.32. The number of carbonyl (C=O) groups excluding carboxylic acids is 1. The molecule has 0 bridgehead atoms. The Morgan fingerprint density at radius 3 is 2.62 bits per heavy atom. The molecule has 0 unspecified atom stereocenters. The Hall–Kier alpha value is -1.85. The molecule has 1 N–H and O–H groups in total. The van der Waals surface area contributed by atoms with Crippen LogP contribution in [0, 0.1) is 0 Å². The molecule has 0 aliphatic carbocycles. The second kappa shape index (κ2) is 4.34. The number of amides is 1. The third-order valence-corrected chi connectivity index (χ3v) is 2.01. The highest BCUT2D eigenvalue weighted by molar-refractivity contribution is 5.93. The molecule has 4 nitrogen and oxygen atoms in total. The number of nitrogens with one attached hydrogen (secondary N) is 1. The van der Waals surface area contributed by atoms with Gasteiger partial charge in [-0.1, -0.05) is 0 Å². The van der Waals surface area contributed by atoms with E-state index in [9.17, 15) is 13.6 Å². The summed E-state index contributed by atoms with van der Waals surface area (Å²) in [5.74, 6) is -0.351. The van der Waals surface area contributed by atoms with Crippen LogP contribution in [0.1, 0.15) is 0 Å². The van der Waals surface area contributed by atoms with E-state index in [4.69, 9.17) is 9.47 Å². The maximum atomic E-state index is 12.0. The summed E-state index contributed by atoms with van der Waals surface area (Å²) >= 11 is 0. The fourth-order valence-corrected chi connectivity index (χ4v) is 1.32. The fraction of sp³-hybridized carbons (Fsp3) is 0.300. The van der Waals surface area contributed by atoms with Crippen LogP contribution < -0.4 is 14.8 Å². The highest BCUT2D eigenvalue weighted by Crippen LogP contribution is 2.32. The van der Waals surface area contributed by atoms with Gasteiger partial charge >= 0.3 is 6.43 Å². The monoisotopic (exact) mass is 229 g/mol. The predicted octanol–water partition coefficient (Wildman–Crippen LogP) is 1.66. The van der Waals surface area contributed by atoms with Crippen molar-refractivity contribution in [1.29, 1.82) is 0 Å². The second-order valence-electron chi connectivity index (χ2n) is 3.15. The van der Waals surface area contributed by atoms with Gasteiger partial charge in [0.25, 0.3) is 5.91 Å². The third-order valence-electron chi connectivity index (χ3n) is 2.01. The lowest BCUT2D eigenvalue weighted by Gasteiger charge is -2.18. The zero-order valence-electron chi connectivity index (χ0n) is 8.20. The Labute approximate surface area is 90.2 Å². The SMILES string of the molecule is O=C(Nc1ccc2c(c1)OCCO2)C(F)F. The lowest BCUT2D eigenvalue weighted by atomic mass is 10.2. The van der Waals surface area contributed by atoms with Crippen LogP contribution in [0.2, 0.25) is 0 Å². The van der Waals surface area contributed by atoms with Gasteiger partial charge in [-0.15, -0.1) is 0 Å². The van der Waals surface area contributed by atoms with Crippen molar-refractivity contribution >= 4 is 11.6 Å². The molecule has 0 atom stereocenters. The highest BCUT2D eigenvalue weighted by atomic mass is 19.3. The van der Waals surface area contributed by atoms with Gasteiger partial charge < -0.3 is 14.8 Å². The quantitative estimate of drug-likeness (QED) is 0.838. The van der Waals surface area contributed by atoms with E-state index in [2.05, 4.69) is 5.32 Å². The zero-order chi connectivity index (χ0) is 11.5. The molecular weight excluding hydrogens is 220 g/mol. The smallest absolute Gasteiger partial charge is 0.315 e. The van der Waals surface area contributed by atoms with Crippen molar-refractivity contribution in [2.24, 2.45) is 0 Å². The molecule has 1 aromatic carbocycles. The molecule has 6 heteroatoms. The van der Waals surface area contributed by atoms with E-state index in [1.165, 1.54) is 12.1 Å². The number of carbonyl (C=O) groups is 1. The molecule has 0 spiro atoms. The number of ether oxygens (including phenoxy) is 2. The van der Waals surface area contributed by atoms with E-state index in [0.29, 0.717) is 24.7 Å². The first kappa shape index (κ1) is 10.7. The van der Waals surface area contributed by atoms with Gasteiger partial charge in [0.2, 0.25) is 0 Å². The Morgan fingerprint density at radius 2 is 1.94 bits per heavy atom. The average Bonchev–Trinajstić information content (AvgIpc) is 2.28. The van der Waals surface area contributed by atoms with Crippen LogP contribution in [-0.2, 0) is 4.79 Å². The summed E-state index contributed by atoms with van der Waals surface area (Å²) in [4.78, 5) is 10.7. The van der Waals surface area contributed by atoms with Crippen LogP contribution in [0.3, 0.4) is 0 Å². The number of hydrogen-bond acceptors (Lipinski definition) is 3. The normalized spacial score (nSPS) is 13.7. The van der Waals surface area contributed by atoms with Crippen molar-refractivity contribution in [3.05, 3.63) is 18.2 Å². The number of halogens is 2. The number of rotatable bonds is 2. The van der Waals surface area contributed by atoms with Gasteiger partial charge in [-0.25, -0.2) is 0 Å². The molecule has 0 aromatic heterocycles. The van der Waals surface area contributed by atoms with Crippen molar-refractivity contribution in [2.45, 2.75) is 6.43 Å².